The van der Waals surface area contributed by atoms with Crippen LogP contribution in [0.3, 0.4) is 0 Å². The van der Waals surface area contributed by atoms with Crippen molar-refractivity contribution in [3.8, 4) is 0 Å². The van der Waals surface area contributed by atoms with Crippen LogP contribution in [0.5, 0.6) is 0 Å². The van der Waals surface area contributed by atoms with Crippen molar-refractivity contribution in [3.05, 3.63) is 0 Å². The molecule has 0 aromatic heterocycles. The average Bonchev–Trinajstić information content (AvgIpc) is 1.57. The van der Waals surface area contributed by atoms with E-state index in [0.29, 0.717) is 0 Å². The van der Waals surface area contributed by atoms with Crippen molar-refractivity contribution in [2.75, 3.05) is 0 Å². The standard InChI is InChI=1S/CH4.K.H2O8S2.H/c;;1-9(2,3)7-8-10(4,5)6;/h1H4;;(H,1,2,3)(H,4,5,6);/q;+1;;-1. The van der Waals surface area contributed by atoms with E-state index in [-0.39, 0.29) is 60.2 Å². The van der Waals surface area contributed by atoms with Gasteiger partial charge in [0.2, 0.25) is 0 Å². The predicted molar refractivity (Wildman–Crippen MR) is 33.1 cm³/mol. The molecule has 0 aliphatic carbocycles. The molecule has 0 heterocycles. The molecule has 2 N–H and O–H groups in total. The largest absolute Gasteiger partial charge is 1.00 e. The summed E-state index contributed by atoms with van der Waals surface area (Å²) in [4.78, 5) is 0. The first-order valence-electron chi connectivity index (χ1n) is 1.53. The molecule has 72 valence electrons. The minimum Gasteiger partial charge on any atom is -1.00 e. The van der Waals surface area contributed by atoms with E-state index >= 15 is 0 Å². The van der Waals surface area contributed by atoms with Crippen LogP contribution in [0.2, 0.25) is 0 Å². The molecular formula is CH7KO8S2. The minimum absolute atomic E-state index is 0. The molecule has 0 aromatic carbocycles. The Hall–Kier alpha value is 1.38. The van der Waals surface area contributed by atoms with Gasteiger partial charge in [0.05, 0.1) is 0 Å². The van der Waals surface area contributed by atoms with Gasteiger partial charge in [0, 0.05) is 0 Å². The van der Waals surface area contributed by atoms with Crippen molar-refractivity contribution in [2.24, 2.45) is 0 Å². The summed E-state index contributed by atoms with van der Waals surface area (Å²) < 4.78 is 58.9. The second kappa shape index (κ2) is 6.77. The number of hydrogen-bond acceptors (Lipinski definition) is 6. The zero-order valence-corrected chi connectivity index (χ0v) is 9.92. The molecular weight excluding hydrogens is 243 g/mol. The zero-order valence-electron chi connectivity index (χ0n) is 6.16. The minimum atomic E-state index is -5.02. The summed E-state index contributed by atoms with van der Waals surface area (Å²) in [7, 11) is -10.0. The van der Waals surface area contributed by atoms with Crippen LogP contribution in [-0.2, 0) is 29.5 Å². The monoisotopic (exact) mass is 250 g/mol. The normalized spacial score (nSPS) is 11.2. The van der Waals surface area contributed by atoms with Gasteiger partial charge in [-0.25, -0.2) is 0 Å². The summed E-state index contributed by atoms with van der Waals surface area (Å²) in [6.07, 6.45) is 0. The average molecular weight is 250 g/mol. The van der Waals surface area contributed by atoms with Gasteiger partial charge in [-0.2, -0.15) is 16.8 Å². The molecule has 0 saturated carbocycles. The predicted octanol–water partition coefficient (Wildman–Crippen LogP) is -3.71. The molecule has 8 nitrogen and oxygen atoms in total. The van der Waals surface area contributed by atoms with Crippen LogP contribution < -0.4 is 51.4 Å². The Kier molecular flexibility index (Phi) is 10.7. The fourth-order valence-electron chi connectivity index (χ4n) is 0.0702. The third-order valence-corrected chi connectivity index (χ3v) is 0.766. The van der Waals surface area contributed by atoms with Crippen LogP contribution in [-0.4, -0.2) is 25.9 Å². The van der Waals surface area contributed by atoms with Crippen LogP contribution in [0.25, 0.3) is 0 Å². The molecule has 0 aromatic rings. The quantitative estimate of drug-likeness (QED) is 0.227. The van der Waals surface area contributed by atoms with Gasteiger partial charge in [-0.3, -0.25) is 9.11 Å². The maximum Gasteiger partial charge on any atom is 1.00 e. The third-order valence-electron chi connectivity index (χ3n) is 0.200. The second-order valence-electron chi connectivity index (χ2n) is 0.992. The van der Waals surface area contributed by atoms with E-state index in [4.69, 9.17) is 9.11 Å². The molecule has 11 heteroatoms. The second-order valence-corrected chi connectivity index (χ2v) is 2.97. The van der Waals surface area contributed by atoms with Gasteiger partial charge < -0.3 is 1.43 Å². The molecule has 12 heavy (non-hydrogen) atoms. The summed E-state index contributed by atoms with van der Waals surface area (Å²) in [5, 5.41) is 0. The van der Waals surface area contributed by atoms with Crippen molar-refractivity contribution in [1.29, 1.82) is 0 Å². The smallest absolute Gasteiger partial charge is 1.00 e. The van der Waals surface area contributed by atoms with Gasteiger partial charge in [-0.1, -0.05) is 16.1 Å². The summed E-state index contributed by atoms with van der Waals surface area (Å²) in [5.74, 6) is 0. The molecule has 0 rings (SSSR count). The number of hydrogen-bond donors (Lipinski definition) is 2. The maximum absolute atomic E-state index is 9.51. The fourth-order valence-corrected chi connectivity index (χ4v) is 0.632. The van der Waals surface area contributed by atoms with Crippen LogP contribution in [0, 0.1) is 0 Å². The summed E-state index contributed by atoms with van der Waals surface area (Å²) >= 11 is 0. The topological polar surface area (TPSA) is 127 Å². The Morgan fingerprint density at radius 3 is 1.17 bits per heavy atom. The Bertz CT molecular complexity index is 258. The van der Waals surface area contributed by atoms with Crippen LogP contribution in [0.15, 0.2) is 0 Å². The van der Waals surface area contributed by atoms with E-state index in [0.717, 1.165) is 0 Å². The van der Waals surface area contributed by atoms with Crippen LogP contribution >= 0.6 is 0 Å². The van der Waals surface area contributed by atoms with Crippen molar-refractivity contribution >= 4 is 20.8 Å². The fraction of sp³-hybridized carbons (Fsp3) is 1.00. The molecule has 0 amide bonds. The Labute approximate surface area is 114 Å². The molecule has 0 atom stereocenters. The molecule has 0 saturated heterocycles. The first-order chi connectivity index (χ1) is 4.21. The summed E-state index contributed by atoms with van der Waals surface area (Å²) in [6, 6.07) is 0. The molecule has 0 radical (unpaired) electrons. The van der Waals surface area contributed by atoms with Gasteiger partial charge in [-0.05, 0) is 0 Å². The molecule has 0 spiro atoms. The van der Waals surface area contributed by atoms with Crippen molar-refractivity contribution in [1.82, 2.24) is 0 Å². The Morgan fingerprint density at radius 2 is 1.08 bits per heavy atom. The van der Waals surface area contributed by atoms with E-state index in [1.54, 1.807) is 0 Å². The molecule has 0 fully saturated rings. The first-order valence-corrected chi connectivity index (χ1v) is 4.26. The molecule has 0 aliphatic rings. The van der Waals surface area contributed by atoms with Crippen molar-refractivity contribution < 1.29 is 87.4 Å². The van der Waals surface area contributed by atoms with Gasteiger partial charge >= 0.3 is 72.2 Å². The number of rotatable bonds is 3. The Balaban J connectivity index is -0.000000135. The maximum atomic E-state index is 9.51. The molecule has 0 unspecified atom stereocenters. The van der Waals surface area contributed by atoms with E-state index in [1.165, 1.54) is 0 Å². The van der Waals surface area contributed by atoms with Gasteiger partial charge in [0.25, 0.3) is 0 Å². The van der Waals surface area contributed by atoms with Crippen LogP contribution in [0.1, 0.15) is 8.85 Å². The van der Waals surface area contributed by atoms with Gasteiger partial charge in [-0.15, -0.1) is 0 Å². The summed E-state index contributed by atoms with van der Waals surface area (Å²) in [6.45, 7) is 0. The van der Waals surface area contributed by atoms with Crippen LogP contribution in [0.4, 0.5) is 0 Å². The van der Waals surface area contributed by atoms with Gasteiger partial charge in [0.1, 0.15) is 0 Å². The Morgan fingerprint density at radius 1 is 0.917 bits per heavy atom. The van der Waals surface area contributed by atoms with Crippen molar-refractivity contribution in [2.45, 2.75) is 7.43 Å². The third kappa shape index (κ3) is 17.5. The van der Waals surface area contributed by atoms with Crippen molar-refractivity contribution in [3.63, 3.8) is 0 Å². The van der Waals surface area contributed by atoms with E-state index in [2.05, 4.69) is 8.67 Å². The zero-order chi connectivity index (χ0) is 8.41. The van der Waals surface area contributed by atoms with E-state index in [1.807, 2.05) is 0 Å². The SMILES string of the molecule is C.O=S(=O)(O)OOS(=O)(=O)O.[H-].[K+]. The molecule has 0 bridgehead atoms. The van der Waals surface area contributed by atoms with Gasteiger partial charge in [0.15, 0.2) is 0 Å². The van der Waals surface area contributed by atoms with E-state index in [9.17, 15) is 16.8 Å². The van der Waals surface area contributed by atoms with E-state index < -0.39 is 20.8 Å². The first kappa shape index (κ1) is 19.0. The molecule has 0 aliphatic heterocycles. The summed E-state index contributed by atoms with van der Waals surface area (Å²) in [5.41, 5.74) is 0.